The third kappa shape index (κ3) is 4.57. The van der Waals surface area contributed by atoms with Crippen LogP contribution in [0.4, 0.5) is 0 Å². The number of ether oxygens (including phenoxy) is 1. The van der Waals surface area contributed by atoms with Gasteiger partial charge in [0.2, 0.25) is 0 Å². The molecule has 1 fully saturated rings. The summed E-state index contributed by atoms with van der Waals surface area (Å²) in [6.07, 6.45) is -0.504. The predicted octanol–water partition coefficient (Wildman–Crippen LogP) is 3.39. The second-order valence-electron chi connectivity index (χ2n) is 6.83. The maximum absolute atomic E-state index is 12.8. The number of halogens is 1. The lowest BCUT2D eigenvalue weighted by molar-refractivity contribution is -0.137. The van der Waals surface area contributed by atoms with Crippen molar-refractivity contribution in [1.82, 2.24) is 4.90 Å². The number of nitrogens with two attached hydrogens (primary N) is 1. The molecule has 1 heterocycles. The smallest absolute Gasteiger partial charge is 0.263 e. The zero-order chi connectivity index (χ0) is 17.8. The summed E-state index contributed by atoms with van der Waals surface area (Å²) in [6, 6.07) is 18.1. The van der Waals surface area contributed by atoms with Gasteiger partial charge in [-0.25, -0.2) is 0 Å². The van der Waals surface area contributed by atoms with Gasteiger partial charge in [-0.05, 0) is 44.0 Å². The monoisotopic (exact) mass is 374 g/mol. The molecule has 26 heavy (non-hydrogen) atoms. The number of hydrogen-bond donors (Lipinski definition) is 1. The van der Waals surface area contributed by atoms with Crippen LogP contribution in [0.2, 0.25) is 0 Å². The number of rotatable bonds is 5. The van der Waals surface area contributed by atoms with Crippen LogP contribution in [0.1, 0.15) is 24.0 Å². The fourth-order valence-corrected chi connectivity index (χ4v) is 3.50. The Hall–Kier alpha value is -2.04. The molecular weight excluding hydrogens is 348 g/mol. The maximum atomic E-state index is 12.8. The number of carbonyl (C=O) groups is 1. The Labute approximate surface area is 161 Å². The quantitative estimate of drug-likeness (QED) is 0.872. The summed E-state index contributed by atoms with van der Waals surface area (Å²) in [5.74, 6) is 1.33. The summed E-state index contributed by atoms with van der Waals surface area (Å²) in [4.78, 5) is 14.7. The number of carbonyl (C=O) groups excluding carboxylic acids is 1. The standard InChI is InChI=1S/C21H26N2O2.ClH/c1-15-8-10-19(11-9-15)25-16(2)21(24)23-13-18(12-22)20(14-23)17-6-4-3-5-7-17;/h3-11,16,18,20H,12-14,22H2,1-2H3;1H/t16?,18-,20+;/m1./s1. The van der Waals surface area contributed by atoms with E-state index in [0.29, 0.717) is 25.6 Å². The first-order chi connectivity index (χ1) is 12.1. The number of amides is 1. The van der Waals surface area contributed by atoms with Gasteiger partial charge in [-0.1, -0.05) is 48.0 Å². The Morgan fingerprint density at radius 2 is 1.81 bits per heavy atom. The van der Waals surface area contributed by atoms with E-state index >= 15 is 0 Å². The van der Waals surface area contributed by atoms with Crippen molar-refractivity contribution >= 4 is 18.3 Å². The predicted molar refractivity (Wildman–Crippen MR) is 107 cm³/mol. The van der Waals surface area contributed by atoms with Gasteiger partial charge >= 0.3 is 0 Å². The van der Waals surface area contributed by atoms with Crippen molar-refractivity contribution in [2.75, 3.05) is 19.6 Å². The maximum Gasteiger partial charge on any atom is 0.263 e. The molecule has 0 aliphatic carbocycles. The molecule has 0 aromatic heterocycles. The van der Waals surface area contributed by atoms with Crippen LogP contribution in [0.3, 0.4) is 0 Å². The summed E-state index contributed by atoms with van der Waals surface area (Å²) in [7, 11) is 0. The third-order valence-electron chi connectivity index (χ3n) is 4.96. The summed E-state index contributed by atoms with van der Waals surface area (Å²) in [5.41, 5.74) is 8.39. The van der Waals surface area contributed by atoms with Crippen LogP contribution in [-0.2, 0) is 4.79 Å². The molecule has 0 radical (unpaired) electrons. The zero-order valence-corrected chi connectivity index (χ0v) is 16.1. The number of hydrogen-bond acceptors (Lipinski definition) is 3. The van der Waals surface area contributed by atoms with E-state index in [1.54, 1.807) is 0 Å². The first-order valence-electron chi connectivity index (χ1n) is 8.85. The first-order valence-corrected chi connectivity index (χ1v) is 8.85. The van der Waals surface area contributed by atoms with Crippen molar-refractivity contribution in [3.8, 4) is 5.75 Å². The molecule has 2 aromatic carbocycles. The SMILES string of the molecule is Cc1ccc(OC(C)C(=O)N2C[C@@H](CN)[C@H](c3ccccc3)C2)cc1.Cl. The Bertz CT molecular complexity index is 706. The summed E-state index contributed by atoms with van der Waals surface area (Å²) in [5, 5.41) is 0. The highest BCUT2D eigenvalue weighted by Gasteiger charge is 2.37. The van der Waals surface area contributed by atoms with E-state index in [4.69, 9.17) is 10.5 Å². The van der Waals surface area contributed by atoms with Gasteiger partial charge in [-0.3, -0.25) is 4.79 Å². The van der Waals surface area contributed by atoms with Gasteiger partial charge in [0.1, 0.15) is 5.75 Å². The second-order valence-corrected chi connectivity index (χ2v) is 6.83. The van der Waals surface area contributed by atoms with Crippen LogP contribution < -0.4 is 10.5 Å². The number of nitrogens with zero attached hydrogens (tertiary/aromatic N) is 1. The van der Waals surface area contributed by atoms with Gasteiger partial charge < -0.3 is 15.4 Å². The summed E-state index contributed by atoms with van der Waals surface area (Å²) >= 11 is 0. The molecule has 140 valence electrons. The Kier molecular flexibility index (Phi) is 7.06. The minimum absolute atomic E-state index is 0. The minimum Gasteiger partial charge on any atom is -0.481 e. The molecule has 2 N–H and O–H groups in total. The number of aryl methyl sites for hydroxylation is 1. The van der Waals surface area contributed by atoms with Crippen molar-refractivity contribution in [3.63, 3.8) is 0 Å². The van der Waals surface area contributed by atoms with Gasteiger partial charge in [-0.15, -0.1) is 12.4 Å². The highest BCUT2D eigenvalue weighted by molar-refractivity contribution is 5.85. The molecule has 5 heteroatoms. The average Bonchev–Trinajstić information content (AvgIpc) is 3.08. The van der Waals surface area contributed by atoms with Crippen LogP contribution in [0, 0.1) is 12.8 Å². The van der Waals surface area contributed by atoms with Gasteiger partial charge in [0, 0.05) is 19.0 Å². The van der Waals surface area contributed by atoms with Crippen LogP contribution in [0.5, 0.6) is 5.75 Å². The van der Waals surface area contributed by atoms with Crippen molar-refractivity contribution in [3.05, 3.63) is 65.7 Å². The van der Waals surface area contributed by atoms with Crippen molar-refractivity contribution in [1.29, 1.82) is 0 Å². The molecule has 1 saturated heterocycles. The van der Waals surface area contributed by atoms with E-state index in [9.17, 15) is 4.79 Å². The molecule has 0 spiro atoms. The molecule has 1 amide bonds. The molecule has 1 aliphatic heterocycles. The first kappa shape index (κ1) is 20.3. The molecule has 1 unspecified atom stereocenters. The van der Waals surface area contributed by atoms with Crippen LogP contribution in [0.15, 0.2) is 54.6 Å². The van der Waals surface area contributed by atoms with E-state index < -0.39 is 6.10 Å². The molecular formula is C21H27ClN2O2. The van der Waals surface area contributed by atoms with E-state index in [-0.39, 0.29) is 24.2 Å². The highest BCUT2D eigenvalue weighted by Crippen LogP contribution is 2.32. The molecule has 2 aromatic rings. The summed E-state index contributed by atoms with van der Waals surface area (Å²) in [6.45, 7) is 5.81. The van der Waals surface area contributed by atoms with E-state index in [1.807, 2.05) is 61.2 Å². The molecule has 3 rings (SSSR count). The van der Waals surface area contributed by atoms with Crippen LogP contribution >= 0.6 is 12.4 Å². The van der Waals surface area contributed by atoms with Gasteiger partial charge in [0.25, 0.3) is 5.91 Å². The molecule has 4 nitrogen and oxygen atoms in total. The average molecular weight is 375 g/mol. The molecule has 1 aliphatic rings. The van der Waals surface area contributed by atoms with Crippen LogP contribution in [0.25, 0.3) is 0 Å². The second kappa shape index (κ2) is 9.06. The minimum atomic E-state index is -0.504. The van der Waals surface area contributed by atoms with Crippen LogP contribution in [-0.4, -0.2) is 36.5 Å². The fraction of sp³-hybridized carbons (Fsp3) is 0.381. The Balaban J connectivity index is 0.00000243. The molecule has 3 atom stereocenters. The van der Waals surface area contributed by atoms with E-state index in [1.165, 1.54) is 11.1 Å². The lowest BCUT2D eigenvalue weighted by atomic mass is 9.89. The number of benzene rings is 2. The van der Waals surface area contributed by atoms with E-state index in [0.717, 1.165) is 5.75 Å². The number of likely N-dealkylation sites (tertiary alicyclic amines) is 1. The van der Waals surface area contributed by atoms with E-state index in [2.05, 4.69) is 12.1 Å². The van der Waals surface area contributed by atoms with Gasteiger partial charge in [0.15, 0.2) is 6.10 Å². The zero-order valence-electron chi connectivity index (χ0n) is 15.3. The third-order valence-corrected chi connectivity index (χ3v) is 4.96. The Morgan fingerprint density at radius 3 is 2.42 bits per heavy atom. The molecule has 0 saturated carbocycles. The molecule has 0 bridgehead atoms. The normalized spacial score (nSPS) is 20.3. The largest absolute Gasteiger partial charge is 0.481 e. The van der Waals surface area contributed by atoms with Crippen molar-refractivity contribution in [2.24, 2.45) is 11.7 Å². The lowest BCUT2D eigenvalue weighted by Gasteiger charge is -2.22. The lowest BCUT2D eigenvalue weighted by Crippen LogP contribution is -2.39. The topological polar surface area (TPSA) is 55.6 Å². The fourth-order valence-electron chi connectivity index (χ4n) is 3.50. The summed E-state index contributed by atoms with van der Waals surface area (Å²) < 4.78 is 5.83. The van der Waals surface area contributed by atoms with Gasteiger partial charge in [0.05, 0.1) is 0 Å². The highest BCUT2D eigenvalue weighted by atomic mass is 35.5. The van der Waals surface area contributed by atoms with Crippen molar-refractivity contribution in [2.45, 2.75) is 25.9 Å². The Morgan fingerprint density at radius 1 is 1.15 bits per heavy atom. The van der Waals surface area contributed by atoms with Crippen molar-refractivity contribution < 1.29 is 9.53 Å². The van der Waals surface area contributed by atoms with Gasteiger partial charge in [-0.2, -0.15) is 0 Å².